The molecule has 0 aromatic heterocycles. The largest absolute Gasteiger partial charge is 0.496 e. The van der Waals surface area contributed by atoms with Crippen LogP contribution in [0.25, 0.3) is 0 Å². The van der Waals surface area contributed by atoms with Crippen LogP contribution in [0.2, 0.25) is 0 Å². The Bertz CT molecular complexity index is 635. The number of hydrogen-bond acceptors (Lipinski definition) is 2. The summed E-state index contributed by atoms with van der Waals surface area (Å²) in [4.78, 5) is 0. The molecule has 0 radical (unpaired) electrons. The summed E-state index contributed by atoms with van der Waals surface area (Å²) in [5, 5.41) is 2.97. The first-order chi connectivity index (χ1) is 9.97. The number of hydrogen-bond donors (Lipinski definition) is 1. The molecule has 0 bridgehead atoms. The van der Waals surface area contributed by atoms with Crippen LogP contribution < -0.4 is 10.1 Å². The van der Waals surface area contributed by atoms with Gasteiger partial charge in [0.25, 0.3) is 0 Å². The van der Waals surface area contributed by atoms with Crippen molar-refractivity contribution in [3.63, 3.8) is 0 Å². The third kappa shape index (κ3) is 3.03. The Hall–Kier alpha value is -2.01. The number of ether oxygens (including phenoxy) is 1. The molecule has 0 heterocycles. The van der Waals surface area contributed by atoms with Gasteiger partial charge in [-0.3, -0.25) is 0 Å². The van der Waals surface area contributed by atoms with Gasteiger partial charge < -0.3 is 10.1 Å². The lowest BCUT2D eigenvalue weighted by molar-refractivity contribution is 0.404. The lowest BCUT2D eigenvalue weighted by Gasteiger charge is -2.20. The number of aryl methyl sites for hydroxylation is 1. The van der Waals surface area contributed by atoms with E-state index in [2.05, 4.69) is 5.32 Å². The summed E-state index contributed by atoms with van der Waals surface area (Å²) in [6, 6.07) is 6.98. The molecular formula is C16H16F3NO. The molecule has 0 spiro atoms. The maximum atomic E-state index is 13.4. The Kier molecular flexibility index (Phi) is 4.53. The third-order valence-corrected chi connectivity index (χ3v) is 3.32. The molecular weight excluding hydrogens is 279 g/mol. The number of benzene rings is 2. The molecule has 0 amide bonds. The van der Waals surface area contributed by atoms with Gasteiger partial charge >= 0.3 is 0 Å². The van der Waals surface area contributed by atoms with Crippen molar-refractivity contribution < 1.29 is 17.9 Å². The van der Waals surface area contributed by atoms with E-state index in [1.54, 1.807) is 13.1 Å². The summed E-state index contributed by atoms with van der Waals surface area (Å²) in [5.74, 6) is -3.30. The second-order valence-electron chi connectivity index (χ2n) is 4.77. The second-order valence-corrected chi connectivity index (χ2v) is 4.77. The zero-order valence-corrected chi connectivity index (χ0v) is 12.0. The highest BCUT2D eigenvalue weighted by atomic mass is 19.2. The van der Waals surface area contributed by atoms with E-state index in [1.807, 2.05) is 19.1 Å². The average Bonchev–Trinajstić information content (AvgIpc) is 2.46. The quantitative estimate of drug-likeness (QED) is 0.868. The van der Waals surface area contributed by atoms with Crippen LogP contribution in [0, 0.1) is 24.4 Å². The van der Waals surface area contributed by atoms with Gasteiger partial charge in [0.1, 0.15) is 5.75 Å². The predicted octanol–water partition coefficient (Wildman–Crippen LogP) is 3.73. The zero-order valence-electron chi connectivity index (χ0n) is 12.0. The van der Waals surface area contributed by atoms with E-state index in [1.165, 1.54) is 7.11 Å². The number of methoxy groups -OCH3 is 1. The van der Waals surface area contributed by atoms with Crippen LogP contribution >= 0.6 is 0 Å². The molecule has 21 heavy (non-hydrogen) atoms. The molecule has 0 saturated heterocycles. The number of halogens is 3. The van der Waals surface area contributed by atoms with Gasteiger partial charge in [-0.2, -0.15) is 0 Å². The van der Waals surface area contributed by atoms with Gasteiger partial charge in [0, 0.05) is 5.56 Å². The van der Waals surface area contributed by atoms with Crippen molar-refractivity contribution in [3.8, 4) is 5.75 Å². The van der Waals surface area contributed by atoms with E-state index in [9.17, 15) is 13.2 Å². The first-order valence-corrected chi connectivity index (χ1v) is 6.44. The van der Waals surface area contributed by atoms with Crippen molar-refractivity contribution in [2.24, 2.45) is 0 Å². The van der Waals surface area contributed by atoms with Crippen LogP contribution in [0.5, 0.6) is 5.75 Å². The molecule has 2 aromatic rings. The second kappa shape index (κ2) is 6.18. The first-order valence-electron chi connectivity index (χ1n) is 6.44. The third-order valence-electron chi connectivity index (χ3n) is 3.32. The molecule has 0 fully saturated rings. The van der Waals surface area contributed by atoms with Crippen molar-refractivity contribution in [2.45, 2.75) is 13.0 Å². The summed E-state index contributed by atoms with van der Waals surface area (Å²) >= 11 is 0. The molecule has 0 aliphatic carbocycles. The van der Waals surface area contributed by atoms with Gasteiger partial charge in [0.05, 0.1) is 13.2 Å². The fraction of sp³-hybridized carbons (Fsp3) is 0.250. The monoisotopic (exact) mass is 295 g/mol. The zero-order chi connectivity index (χ0) is 15.6. The summed E-state index contributed by atoms with van der Waals surface area (Å²) in [6.07, 6.45) is 0. The van der Waals surface area contributed by atoms with E-state index in [0.29, 0.717) is 5.75 Å². The van der Waals surface area contributed by atoms with E-state index >= 15 is 0 Å². The fourth-order valence-electron chi connectivity index (χ4n) is 2.32. The highest BCUT2D eigenvalue weighted by molar-refractivity contribution is 5.44. The summed E-state index contributed by atoms with van der Waals surface area (Å²) in [6.45, 7) is 1.90. The summed E-state index contributed by atoms with van der Waals surface area (Å²) in [5.41, 5.74) is 2.00. The SMILES string of the molecule is CNC(c1cc(F)c(F)c(F)c1)c1cc(C)ccc1OC. The van der Waals surface area contributed by atoms with Gasteiger partial charge in [-0.15, -0.1) is 0 Å². The molecule has 0 aliphatic rings. The summed E-state index contributed by atoms with van der Waals surface area (Å²) < 4.78 is 45.3. The topological polar surface area (TPSA) is 21.3 Å². The van der Waals surface area contributed by atoms with Gasteiger partial charge in [-0.25, -0.2) is 13.2 Å². The lowest BCUT2D eigenvalue weighted by Crippen LogP contribution is -2.19. The minimum atomic E-state index is -1.47. The normalized spacial score (nSPS) is 12.3. The van der Waals surface area contributed by atoms with Gasteiger partial charge in [0.15, 0.2) is 17.5 Å². The highest BCUT2D eigenvalue weighted by Crippen LogP contribution is 2.31. The van der Waals surface area contributed by atoms with E-state index in [0.717, 1.165) is 23.3 Å². The van der Waals surface area contributed by atoms with Crippen LogP contribution in [0.15, 0.2) is 30.3 Å². The molecule has 0 saturated carbocycles. The highest BCUT2D eigenvalue weighted by Gasteiger charge is 2.20. The maximum Gasteiger partial charge on any atom is 0.194 e. The molecule has 1 unspecified atom stereocenters. The van der Waals surface area contributed by atoms with E-state index < -0.39 is 23.5 Å². The summed E-state index contributed by atoms with van der Waals surface area (Å²) in [7, 11) is 3.18. The van der Waals surface area contributed by atoms with Gasteiger partial charge in [-0.1, -0.05) is 17.7 Å². The van der Waals surface area contributed by atoms with Crippen LogP contribution in [0.3, 0.4) is 0 Å². The standard InChI is InChI=1S/C16H16F3NO/c1-9-4-5-14(21-3)11(6-9)16(20-2)10-7-12(17)15(19)13(18)8-10/h4-8,16,20H,1-3H3. The van der Waals surface area contributed by atoms with E-state index in [-0.39, 0.29) is 5.56 Å². The van der Waals surface area contributed by atoms with Crippen molar-refractivity contribution in [3.05, 3.63) is 64.5 Å². The molecule has 2 rings (SSSR count). The minimum Gasteiger partial charge on any atom is -0.496 e. The molecule has 2 nitrogen and oxygen atoms in total. The van der Waals surface area contributed by atoms with Crippen molar-refractivity contribution >= 4 is 0 Å². The van der Waals surface area contributed by atoms with Crippen LogP contribution in [0.4, 0.5) is 13.2 Å². The minimum absolute atomic E-state index is 0.290. The molecule has 1 atom stereocenters. The molecule has 112 valence electrons. The van der Waals surface area contributed by atoms with Crippen molar-refractivity contribution in [1.29, 1.82) is 0 Å². The fourth-order valence-corrected chi connectivity index (χ4v) is 2.32. The Morgan fingerprint density at radius 1 is 1.05 bits per heavy atom. The smallest absolute Gasteiger partial charge is 0.194 e. The molecule has 0 aliphatic heterocycles. The lowest BCUT2D eigenvalue weighted by atomic mass is 9.96. The number of nitrogens with one attached hydrogen (secondary N) is 1. The molecule has 1 N–H and O–H groups in total. The van der Waals surface area contributed by atoms with Crippen LogP contribution in [-0.2, 0) is 0 Å². The Labute approximate surface area is 121 Å². The van der Waals surface area contributed by atoms with Crippen LogP contribution in [-0.4, -0.2) is 14.2 Å². The maximum absolute atomic E-state index is 13.4. The Balaban J connectivity index is 2.57. The molecule has 5 heteroatoms. The van der Waals surface area contributed by atoms with Gasteiger partial charge in [0.2, 0.25) is 0 Å². The Morgan fingerprint density at radius 3 is 2.19 bits per heavy atom. The first kappa shape index (κ1) is 15.4. The van der Waals surface area contributed by atoms with Gasteiger partial charge in [-0.05, 0) is 37.7 Å². The number of rotatable bonds is 4. The predicted molar refractivity (Wildman–Crippen MR) is 74.9 cm³/mol. The van der Waals surface area contributed by atoms with Crippen molar-refractivity contribution in [2.75, 3.05) is 14.2 Å². The van der Waals surface area contributed by atoms with Crippen molar-refractivity contribution in [1.82, 2.24) is 5.32 Å². The average molecular weight is 295 g/mol. The Morgan fingerprint density at radius 2 is 1.67 bits per heavy atom. The van der Waals surface area contributed by atoms with Crippen LogP contribution in [0.1, 0.15) is 22.7 Å². The molecule has 2 aromatic carbocycles. The van der Waals surface area contributed by atoms with E-state index in [4.69, 9.17) is 4.74 Å².